The number of benzene rings is 1. The largest absolute Gasteiger partial charge is 0.465 e. The number of amides is 1. The van der Waals surface area contributed by atoms with E-state index in [1.807, 2.05) is 18.2 Å². The third kappa shape index (κ3) is 3.05. The lowest BCUT2D eigenvalue weighted by Gasteiger charge is -2.12. The monoisotopic (exact) mass is 329 g/mol. The highest BCUT2D eigenvalue weighted by Crippen LogP contribution is 2.27. The van der Waals surface area contributed by atoms with E-state index < -0.39 is 12.1 Å². The molecule has 3 N–H and O–H groups in total. The standard InChI is InChI=1S/C17H19N3O4/c1-2-24-16(21)15-14(6-7-18-15)19-8-11-4-3-5-12-9-20(17(22)23)10-13(11)12/h3-7,18-19H,2,8-10H2,1H3,(H,22,23). The average Bonchev–Trinajstić information content (AvgIpc) is 3.19. The van der Waals surface area contributed by atoms with Crippen LogP contribution in [0.3, 0.4) is 0 Å². The van der Waals surface area contributed by atoms with Gasteiger partial charge in [-0.15, -0.1) is 0 Å². The maximum atomic E-state index is 11.9. The zero-order valence-corrected chi connectivity index (χ0v) is 13.3. The van der Waals surface area contributed by atoms with Gasteiger partial charge in [0.25, 0.3) is 0 Å². The molecule has 0 fully saturated rings. The second kappa shape index (κ2) is 6.66. The Hall–Kier alpha value is -2.96. The normalized spacial score (nSPS) is 12.8. The Kier molecular flexibility index (Phi) is 4.41. The first-order valence-electron chi connectivity index (χ1n) is 7.76. The number of aromatic nitrogens is 1. The van der Waals surface area contributed by atoms with Crippen LogP contribution in [-0.4, -0.2) is 33.7 Å². The van der Waals surface area contributed by atoms with E-state index in [1.54, 1.807) is 19.2 Å². The van der Waals surface area contributed by atoms with Crippen LogP contribution in [0.2, 0.25) is 0 Å². The van der Waals surface area contributed by atoms with Crippen LogP contribution < -0.4 is 5.32 Å². The number of nitrogens with zero attached hydrogens (tertiary/aromatic N) is 1. The van der Waals surface area contributed by atoms with Crippen LogP contribution in [-0.2, 0) is 24.4 Å². The molecule has 1 aliphatic heterocycles. The number of fused-ring (bicyclic) bond motifs is 1. The van der Waals surface area contributed by atoms with Crippen LogP contribution in [0.25, 0.3) is 0 Å². The van der Waals surface area contributed by atoms with E-state index in [0.29, 0.717) is 37.6 Å². The van der Waals surface area contributed by atoms with Gasteiger partial charge in [-0.05, 0) is 29.7 Å². The molecule has 0 bridgehead atoms. The van der Waals surface area contributed by atoms with E-state index in [4.69, 9.17) is 9.84 Å². The molecule has 2 aromatic rings. The fourth-order valence-corrected chi connectivity index (χ4v) is 2.87. The Bertz CT molecular complexity index is 769. The summed E-state index contributed by atoms with van der Waals surface area (Å²) in [6, 6.07) is 7.61. The number of nitrogens with one attached hydrogen (secondary N) is 2. The van der Waals surface area contributed by atoms with Gasteiger partial charge >= 0.3 is 12.1 Å². The number of rotatable bonds is 5. The first-order valence-corrected chi connectivity index (χ1v) is 7.76. The lowest BCUT2D eigenvalue weighted by atomic mass is 10.0. The predicted octanol–water partition coefficient (Wildman–Crippen LogP) is 2.80. The second-order valence-electron chi connectivity index (χ2n) is 5.53. The molecule has 7 nitrogen and oxygen atoms in total. The molecular weight excluding hydrogens is 310 g/mol. The molecule has 0 aliphatic carbocycles. The van der Waals surface area contributed by atoms with Gasteiger partial charge < -0.3 is 20.1 Å². The van der Waals surface area contributed by atoms with Crippen molar-refractivity contribution in [1.82, 2.24) is 9.88 Å². The summed E-state index contributed by atoms with van der Waals surface area (Å²) in [4.78, 5) is 27.3. The number of hydrogen-bond acceptors (Lipinski definition) is 4. The molecule has 0 atom stereocenters. The number of carbonyl (C=O) groups is 2. The van der Waals surface area contributed by atoms with Gasteiger partial charge in [0.05, 0.1) is 18.8 Å². The molecule has 126 valence electrons. The molecule has 1 aromatic heterocycles. The van der Waals surface area contributed by atoms with Crippen molar-refractivity contribution in [2.75, 3.05) is 11.9 Å². The minimum atomic E-state index is -0.916. The smallest absolute Gasteiger partial charge is 0.407 e. The summed E-state index contributed by atoms with van der Waals surface area (Å²) >= 11 is 0. The van der Waals surface area contributed by atoms with Crippen molar-refractivity contribution >= 4 is 17.7 Å². The fraction of sp³-hybridized carbons (Fsp3) is 0.294. The molecule has 0 unspecified atom stereocenters. The van der Waals surface area contributed by atoms with Gasteiger partial charge in [-0.25, -0.2) is 9.59 Å². The highest BCUT2D eigenvalue weighted by molar-refractivity contribution is 5.93. The summed E-state index contributed by atoms with van der Waals surface area (Å²) in [5.41, 5.74) is 4.12. The third-order valence-corrected chi connectivity index (χ3v) is 4.05. The van der Waals surface area contributed by atoms with Crippen molar-refractivity contribution in [1.29, 1.82) is 0 Å². The number of esters is 1. The van der Waals surface area contributed by atoms with Crippen LogP contribution in [0.15, 0.2) is 30.5 Å². The predicted molar refractivity (Wildman–Crippen MR) is 87.8 cm³/mol. The Morgan fingerprint density at radius 1 is 1.33 bits per heavy atom. The third-order valence-electron chi connectivity index (χ3n) is 4.05. The quantitative estimate of drug-likeness (QED) is 0.733. The fourth-order valence-electron chi connectivity index (χ4n) is 2.87. The van der Waals surface area contributed by atoms with Crippen LogP contribution in [0.5, 0.6) is 0 Å². The van der Waals surface area contributed by atoms with Crippen LogP contribution in [0, 0.1) is 0 Å². The maximum Gasteiger partial charge on any atom is 0.407 e. The topological polar surface area (TPSA) is 94.7 Å². The summed E-state index contributed by atoms with van der Waals surface area (Å²) in [7, 11) is 0. The van der Waals surface area contributed by atoms with Gasteiger partial charge in [0.1, 0.15) is 5.69 Å². The van der Waals surface area contributed by atoms with Gasteiger partial charge in [-0.1, -0.05) is 18.2 Å². The van der Waals surface area contributed by atoms with Crippen molar-refractivity contribution in [2.45, 2.75) is 26.6 Å². The molecule has 0 radical (unpaired) electrons. The van der Waals surface area contributed by atoms with Gasteiger partial charge in [-0.2, -0.15) is 0 Å². The molecule has 0 spiro atoms. The Morgan fingerprint density at radius 2 is 2.17 bits per heavy atom. The number of aromatic amines is 1. The van der Waals surface area contributed by atoms with E-state index in [-0.39, 0.29) is 0 Å². The van der Waals surface area contributed by atoms with E-state index in [9.17, 15) is 9.59 Å². The summed E-state index contributed by atoms with van der Waals surface area (Å²) in [5.74, 6) is -0.402. The first-order chi connectivity index (χ1) is 11.6. The second-order valence-corrected chi connectivity index (χ2v) is 5.53. The first kappa shape index (κ1) is 15.9. The maximum absolute atomic E-state index is 11.9. The summed E-state index contributed by atoms with van der Waals surface area (Å²) in [6.45, 7) is 3.38. The SMILES string of the molecule is CCOC(=O)c1[nH]ccc1NCc1cccc2c1CN(C(=O)O)C2. The van der Waals surface area contributed by atoms with E-state index in [2.05, 4.69) is 10.3 Å². The zero-order valence-electron chi connectivity index (χ0n) is 13.3. The van der Waals surface area contributed by atoms with Gasteiger partial charge in [-0.3, -0.25) is 4.90 Å². The number of H-pyrrole nitrogens is 1. The lowest BCUT2D eigenvalue weighted by molar-refractivity contribution is 0.0521. The molecule has 3 rings (SSSR count). The molecule has 7 heteroatoms. The van der Waals surface area contributed by atoms with Crippen molar-refractivity contribution in [2.24, 2.45) is 0 Å². The lowest BCUT2D eigenvalue weighted by Crippen LogP contribution is -2.22. The average molecular weight is 329 g/mol. The van der Waals surface area contributed by atoms with Gasteiger partial charge in [0.15, 0.2) is 0 Å². The Balaban J connectivity index is 1.74. The number of ether oxygens (including phenoxy) is 1. The minimum Gasteiger partial charge on any atom is -0.465 e. The van der Waals surface area contributed by atoms with Crippen molar-refractivity contribution in [3.63, 3.8) is 0 Å². The van der Waals surface area contributed by atoms with E-state index >= 15 is 0 Å². The number of hydrogen-bond donors (Lipinski definition) is 3. The zero-order chi connectivity index (χ0) is 17.1. The van der Waals surface area contributed by atoms with E-state index in [1.165, 1.54) is 4.90 Å². The summed E-state index contributed by atoms with van der Waals surface area (Å²) in [5, 5.41) is 12.4. The summed E-state index contributed by atoms with van der Waals surface area (Å²) < 4.78 is 5.01. The van der Waals surface area contributed by atoms with Crippen LogP contribution in [0.4, 0.5) is 10.5 Å². The number of carboxylic acid groups (broad SMARTS) is 1. The van der Waals surface area contributed by atoms with Crippen molar-refractivity contribution < 1.29 is 19.4 Å². The molecule has 24 heavy (non-hydrogen) atoms. The minimum absolute atomic E-state index is 0.314. The molecule has 2 heterocycles. The summed E-state index contributed by atoms with van der Waals surface area (Å²) in [6.07, 6.45) is 0.760. The Labute approximate surface area is 139 Å². The van der Waals surface area contributed by atoms with Gasteiger partial charge in [0, 0.05) is 19.3 Å². The molecule has 1 aromatic carbocycles. The van der Waals surface area contributed by atoms with Gasteiger partial charge in [0.2, 0.25) is 0 Å². The number of anilines is 1. The van der Waals surface area contributed by atoms with E-state index in [0.717, 1.165) is 16.7 Å². The molecule has 1 aliphatic rings. The van der Waals surface area contributed by atoms with Crippen LogP contribution >= 0.6 is 0 Å². The number of carbonyl (C=O) groups excluding carboxylic acids is 1. The van der Waals surface area contributed by atoms with Crippen LogP contribution in [0.1, 0.15) is 34.1 Å². The van der Waals surface area contributed by atoms with Crippen molar-refractivity contribution in [3.8, 4) is 0 Å². The molecule has 0 saturated carbocycles. The molecule has 0 saturated heterocycles. The highest BCUT2D eigenvalue weighted by atomic mass is 16.5. The molecule has 1 amide bonds. The Morgan fingerprint density at radius 3 is 2.92 bits per heavy atom. The van der Waals surface area contributed by atoms with Crippen molar-refractivity contribution in [3.05, 3.63) is 52.8 Å². The highest BCUT2D eigenvalue weighted by Gasteiger charge is 2.24. The molecular formula is C17H19N3O4.